The molecule has 16 nitrogen and oxygen atoms in total. The van der Waals surface area contributed by atoms with Crippen LogP contribution in [-0.2, 0) is 38.4 Å². The zero-order valence-electron chi connectivity index (χ0n) is 21.4. The fourth-order valence-electron chi connectivity index (χ4n) is 3.95. The van der Waals surface area contributed by atoms with Crippen LogP contribution in [0.25, 0.3) is 0 Å². The number of hydrogen-bond acceptors (Lipinski definition) is 9. The van der Waals surface area contributed by atoms with Crippen LogP contribution >= 0.6 is 0 Å². The van der Waals surface area contributed by atoms with E-state index in [1.165, 1.54) is 24.3 Å². The average molecular weight is 564 g/mol. The molecule has 0 aromatic heterocycles. The van der Waals surface area contributed by atoms with Crippen molar-refractivity contribution in [2.24, 2.45) is 0 Å². The molecule has 0 fully saturated rings. The summed E-state index contributed by atoms with van der Waals surface area (Å²) in [6.07, 6.45) is -1.30. The van der Waals surface area contributed by atoms with E-state index in [2.05, 4.69) is 16.0 Å². The first-order valence-corrected chi connectivity index (χ1v) is 11.9. The van der Waals surface area contributed by atoms with Gasteiger partial charge in [0.05, 0.1) is 30.4 Å². The first-order valence-electron chi connectivity index (χ1n) is 11.9. The molecular weight excluding hydrogens is 534 g/mol. The minimum absolute atomic E-state index is 0.0337. The molecule has 1 heterocycles. The van der Waals surface area contributed by atoms with Gasteiger partial charge < -0.3 is 41.0 Å². The molecule has 1 aliphatic heterocycles. The van der Waals surface area contributed by atoms with Gasteiger partial charge >= 0.3 is 11.9 Å². The number of aldehydes is 1. The van der Waals surface area contributed by atoms with Crippen molar-refractivity contribution >= 4 is 59.1 Å². The standard InChI is InChI=1S/C24H29N5O11/c1-13(32)25-15(6-7-21(35)36)23(39)27-16-9-28(20(34)12-31)17-4-2-3-5-18(17)29(24(16)40)10-19(33)26-14(11-30)8-22(37)38/h2-5,11,14-16,31H,6-10,12H2,1H3,(H,25,32)(H,26,33)(H,27,39)(H,35,36)(H,37,38)/t14-,15-,16?/m0/s1. The molecule has 1 aromatic rings. The number of hydrogen-bond donors (Lipinski definition) is 6. The summed E-state index contributed by atoms with van der Waals surface area (Å²) in [6, 6.07) is 1.56. The van der Waals surface area contributed by atoms with Gasteiger partial charge in [0.15, 0.2) is 0 Å². The summed E-state index contributed by atoms with van der Waals surface area (Å²) in [6.45, 7) is -1.11. The Labute approximate surface area is 227 Å². The number of para-hydroxylation sites is 2. The lowest BCUT2D eigenvalue weighted by Crippen LogP contribution is -2.58. The van der Waals surface area contributed by atoms with Crippen LogP contribution in [-0.4, -0.2) is 101 Å². The molecule has 216 valence electrons. The Morgan fingerprint density at radius 3 is 2.25 bits per heavy atom. The van der Waals surface area contributed by atoms with E-state index in [-0.39, 0.29) is 24.1 Å². The van der Waals surface area contributed by atoms with E-state index in [9.17, 15) is 43.5 Å². The third-order valence-electron chi connectivity index (χ3n) is 5.69. The van der Waals surface area contributed by atoms with E-state index >= 15 is 0 Å². The first-order chi connectivity index (χ1) is 18.9. The molecule has 2 rings (SSSR count). The fourth-order valence-corrected chi connectivity index (χ4v) is 3.95. The van der Waals surface area contributed by atoms with E-state index < -0.39 is 92.1 Å². The number of carboxylic acid groups (broad SMARTS) is 2. The third-order valence-corrected chi connectivity index (χ3v) is 5.69. The second kappa shape index (κ2) is 14.3. The smallest absolute Gasteiger partial charge is 0.305 e. The molecule has 0 saturated heterocycles. The van der Waals surface area contributed by atoms with Crippen LogP contribution in [0, 0.1) is 0 Å². The molecule has 0 spiro atoms. The topological polar surface area (TPSA) is 240 Å². The molecule has 0 saturated carbocycles. The van der Waals surface area contributed by atoms with E-state index in [0.29, 0.717) is 0 Å². The van der Waals surface area contributed by atoms with Crippen molar-refractivity contribution in [2.45, 2.75) is 44.3 Å². The van der Waals surface area contributed by atoms with Crippen molar-refractivity contribution in [3.63, 3.8) is 0 Å². The van der Waals surface area contributed by atoms with Crippen molar-refractivity contribution in [3.8, 4) is 0 Å². The van der Waals surface area contributed by atoms with Crippen LogP contribution in [0.1, 0.15) is 26.2 Å². The second-order valence-corrected chi connectivity index (χ2v) is 8.73. The van der Waals surface area contributed by atoms with Gasteiger partial charge in [0.2, 0.25) is 17.7 Å². The van der Waals surface area contributed by atoms with Gasteiger partial charge in [-0.3, -0.25) is 38.5 Å². The number of amides is 5. The van der Waals surface area contributed by atoms with Gasteiger partial charge in [-0.1, -0.05) is 12.1 Å². The number of rotatable bonds is 13. The molecule has 16 heteroatoms. The van der Waals surface area contributed by atoms with Crippen molar-refractivity contribution in [1.29, 1.82) is 0 Å². The van der Waals surface area contributed by atoms with Gasteiger partial charge in [-0.25, -0.2) is 0 Å². The number of fused-ring (bicyclic) bond motifs is 1. The number of nitrogens with one attached hydrogen (secondary N) is 3. The summed E-state index contributed by atoms with van der Waals surface area (Å²) < 4.78 is 0. The van der Waals surface area contributed by atoms with E-state index in [1.807, 2.05) is 0 Å². The minimum atomic E-state index is -1.54. The van der Waals surface area contributed by atoms with Crippen LogP contribution in [0.5, 0.6) is 0 Å². The summed E-state index contributed by atoms with van der Waals surface area (Å²) in [4.78, 5) is 98.8. The van der Waals surface area contributed by atoms with Crippen LogP contribution in [0.2, 0.25) is 0 Å². The first kappa shape index (κ1) is 31.4. The number of anilines is 2. The number of carbonyl (C=O) groups excluding carboxylic acids is 6. The molecule has 0 radical (unpaired) electrons. The van der Waals surface area contributed by atoms with E-state index in [1.54, 1.807) is 0 Å². The highest BCUT2D eigenvalue weighted by Gasteiger charge is 2.38. The molecule has 6 N–H and O–H groups in total. The molecule has 0 bridgehead atoms. The number of aliphatic hydroxyl groups is 1. The van der Waals surface area contributed by atoms with Gasteiger partial charge in [-0.05, 0) is 18.6 Å². The Hall–Kier alpha value is -4.86. The maximum Gasteiger partial charge on any atom is 0.305 e. The van der Waals surface area contributed by atoms with Crippen LogP contribution in [0.3, 0.4) is 0 Å². The molecule has 1 aromatic carbocycles. The summed E-state index contributed by atoms with van der Waals surface area (Å²) in [7, 11) is 0. The predicted octanol–water partition coefficient (Wildman–Crippen LogP) is -2.63. The molecular formula is C24H29N5O11. The van der Waals surface area contributed by atoms with Crippen LogP contribution in [0.4, 0.5) is 11.4 Å². The van der Waals surface area contributed by atoms with Crippen molar-refractivity contribution in [3.05, 3.63) is 24.3 Å². The van der Waals surface area contributed by atoms with Crippen LogP contribution < -0.4 is 25.8 Å². The van der Waals surface area contributed by atoms with Crippen molar-refractivity contribution in [2.75, 3.05) is 29.5 Å². The zero-order valence-corrected chi connectivity index (χ0v) is 21.4. The van der Waals surface area contributed by atoms with Gasteiger partial charge in [-0.2, -0.15) is 0 Å². The minimum Gasteiger partial charge on any atom is -0.481 e. The highest BCUT2D eigenvalue weighted by molar-refractivity contribution is 6.10. The lowest BCUT2D eigenvalue weighted by Gasteiger charge is -2.27. The monoisotopic (exact) mass is 563 g/mol. The summed E-state index contributed by atoms with van der Waals surface area (Å²) >= 11 is 0. The lowest BCUT2D eigenvalue weighted by molar-refractivity contribution is -0.139. The molecule has 5 amide bonds. The van der Waals surface area contributed by atoms with Crippen LogP contribution in [0.15, 0.2) is 24.3 Å². The Morgan fingerprint density at radius 2 is 1.70 bits per heavy atom. The summed E-state index contributed by atoms with van der Waals surface area (Å²) in [5.41, 5.74) is 0.132. The Balaban J connectivity index is 2.45. The maximum atomic E-state index is 13.7. The number of carbonyl (C=O) groups is 8. The van der Waals surface area contributed by atoms with E-state index in [4.69, 9.17) is 10.2 Å². The fraction of sp³-hybridized carbons (Fsp3) is 0.417. The number of aliphatic hydroxyl groups excluding tert-OH is 1. The van der Waals surface area contributed by atoms with Crippen molar-refractivity contribution in [1.82, 2.24) is 16.0 Å². The highest BCUT2D eigenvalue weighted by atomic mass is 16.4. The highest BCUT2D eigenvalue weighted by Crippen LogP contribution is 2.32. The lowest BCUT2D eigenvalue weighted by atomic mass is 10.1. The normalized spacial score (nSPS) is 16.1. The zero-order chi connectivity index (χ0) is 30.0. The SMILES string of the molecule is CC(=O)N[C@@H](CCC(=O)O)C(=O)NC1CN(C(=O)CO)c2ccccc2N(CC(=O)N[C@H](C=O)CC(=O)O)C1=O. The Morgan fingerprint density at radius 1 is 1.05 bits per heavy atom. The maximum absolute atomic E-state index is 13.7. The number of nitrogens with zero attached hydrogens (tertiary/aromatic N) is 2. The van der Waals surface area contributed by atoms with Gasteiger partial charge in [-0.15, -0.1) is 0 Å². The number of benzene rings is 1. The average Bonchev–Trinajstić information content (AvgIpc) is 3.00. The van der Waals surface area contributed by atoms with Gasteiger partial charge in [0, 0.05) is 13.3 Å². The molecule has 1 unspecified atom stereocenters. The molecule has 1 aliphatic rings. The van der Waals surface area contributed by atoms with Gasteiger partial charge in [0.1, 0.15) is 31.5 Å². The summed E-state index contributed by atoms with van der Waals surface area (Å²) in [5, 5.41) is 34.3. The predicted molar refractivity (Wildman–Crippen MR) is 135 cm³/mol. The molecule has 0 aliphatic carbocycles. The van der Waals surface area contributed by atoms with Crippen molar-refractivity contribution < 1.29 is 53.7 Å². The van der Waals surface area contributed by atoms with E-state index in [0.717, 1.165) is 16.7 Å². The van der Waals surface area contributed by atoms with Gasteiger partial charge in [0.25, 0.3) is 11.8 Å². The Kier molecular flexibility index (Phi) is 11.2. The quantitative estimate of drug-likeness (QED) is 0.136. The Bertz CT molecular complexity index is 1190. The number of aliphatic carboxylic acids is 2. The molecule has 3 atom stereocenters. The molecule has 40 heavy (non-hydrogen) atoms. The third kappa shape index (κ3) is 8.59. The number of carboxylic acids is 2. The summed E-state index contributed by atoms with van der Waals surface area (Å²) in [5.74, 6) is -6.85. The largest absolute Gasteiger partial charge is 0.481 e. The second-order valence-electron chi connectivity index (χ2n) is 8.73.